The van der Waals surface area contributed by atoms with Crippen LogP contribution in [0.3, 0.4) is 0 Å². The molecule has 1 aliphatic heterocycles. The first-order valence-electron chi connectivity index (χ1n) is 12.9. The molecule has 6 aliphatic rings. The van der Waals surface area contributed by atoms with Gasteiger partial charge < -0.3 is 44.5 Å². The first-order chi connectivity index (χ1) is 16.6. The van der Waals surface area contributed by atoms with E-state index in [1.165, 1.54) is 7.11 Å². The number of methoxy groups -OCH3 is 4. The monoisotopic (exact) mass is 499 g/mol. The summed E-state index contributed by atoms with van der Waals surface area (Å²) in [4.78, 5) is 2.29. The number of hydrogen-bond donors (Lipinski definition) is 5. The Balaban J connectivity index is 1.68. The van der Waals surface area contributed by atoms with Crippen LogP contribution in [0, 0.1) is 34.5 Å². The molecule has 35 heavy (non-hydrogen) atoms. The molecule has 200 valence electrons. The number of nitrogens with zero attached hydrogens (tertiary/aromatic N) is 1. The van der Waals surface area contributed by atoms with E-state index in [0.717, 1.165) is 0 Å². The van der Waals surface area contributed by atoms with Crippen LogP contribution in [0.25, 0.3) is 0 Å². The summed E-state index contributed by atoms with van der Waals surface area (Å²) in [5.41, 5.74) is -4.81. The minimum absolute atomic E-state index is 0.156. The lowest BCUT2D eigenvalue weighted by atomic mass is 9.42. The number of ether oxygens (including phenoxy) is 4. The average molecular weight is 500 g/mol. The molecule has 5 saturated carbocycles. The molecule has 0 aromatic rings. The molecule has 0 aromatic carbocycles. The standard InChI is InChI=1S/C25H41NO9/c1-6-26-9-22(10-32-2)12(27)7-13(33-3)24-11-8-23(30)19(28)14(11)25(31,20(29)21(23)35-5)15(18(24)26)16(34-4)17(22)24/h11-21,27-31H,6-10H2,1-5H3/t11-,12-,13+,14-,15+,16+,17+,18?,19-,20+,21+,22+,23-,24+,25-/m1/s1. The summed E-state index contributed by atoms with van der Waals surface area (Å²) in [7, 11) is 6.29. The second-order valence-corrected chi connectivity index (χ2v) is 12.1. The van der Waals surface area contributed by atoms with E-state index in [9.17, 15) is 25.5 Å². The van der Waals surface area contributed by atoms with Crippen LogP contribution in [0.2, 0.25) is 0 Å². The zero-order chi connectivity index (χ0) is 25.3. The lowest BCUT2D eigenvalue weighted by Crippen LogP contribution is -2.81. The molecule has 1 unspecified atom stereocenters. The van der Waals surface area contributed by atoms with Crippen molar-refractivity contribution in [2.45, 2.75) is 73.6 Å². The highest BCUT2D eigenvalue weighted by Gasteiger charge is 2.90. The Kier molecular flexibility index (Phi) is 5.40. The third kappa shape index (κ3) is 2.35. The van der Waals surface area contributed by atoms with E-state index >= 15 is 0 Å². The first kappa shape index (κ1) is 24.9. The highest BCUT2D eigenvalue weighted by atomic mass is 16.5. The summed E-state index contributed by atoms with van der Waals surface area (Å²) in [6.07, 6.45) is -4.95. The predicted molar refractivity (Wildman–Crippen MR) is 121 cm³/mol. The summed E-state index contributed by atoms with van der Waals surface area (Å²) in [6.45, 7) is 3.58. The minimum Gasteiger partial charge on any atom is -0.392 e. The number of aliphatic hydroxyl groups excluding tert-OH is 3. The summed E-state index contributed by atoms with van der Waals surface area (Å²) in [5, 5.41) is 59.3. The number of piperidine rings is 1. The van der Waals surface area contributed by atoms with Crippen molar-refractivity contribution >= 4 is 0 Å². The minimum atomic E-state index is -1.76. The van der Waals surface area contributed by atoms with E-state index in [-0.39, 0.29) is 18.4 Å². The van der Waals surface area contributed by atoms with Crippen molar-refractivity contribution in [1.29, 1.82) is 0 Å². The van der Waals surface area contributed by atoms with Crippen LogP contribution in [-0.2, 0) is 18.9 Å². The molecule has 5 aliphatic carbocycles. The topological polar surface area (TPSA) is 141 Å². The van der Waals surface area contributed by atoms with Crippen LogP contribution in [0.4, 0.5) is 0 Å². The van der Waals surface area contributed by atoms with Gasteiger partial charge in [0.15, 0.2) is 0 Å². The second kappa shape index (κ2) is 7.59. The van der Waals surface area contributed by atoms with Gasteiger partial charge in [0.1, 0.15) is 23.4 Å². The van der Waals surface area contributed by atoms with Gasteiger partial charge in [-0.2, -0.15) is 0 Å². The van der Waals surface area contributed by atoms with Crippen LogP contribution in [-0.4, -0.2) is 132 Å². The summed E-state index contributed by atoms with van der Waals surface area (Å²) in [5.74, 6) is -2.04. The van der Waals surface area contributed by atoms with Crippen LogP contribution in [0.15, 0.2) is 0 Å². The van der Waals surface area contributed by atoms with Crippen LogP contribution < -0.4 is 0 Å². The fourth-order valence-electron chi connectivity index (χ4n) is 11.0. The van der Waals surface area contributed by atoms with Crippen molar-refractivity contribution in [3.63, 3.8) is 0 Å². The summed E-state index contributed by atoms with van der Waals surface area (Å²) in [6, 6.07) is -0.240. The van der Waals surface area contributed by atoms with Gasteiger partial charge in [0.2, 0.25) is 0 Å². The molecule has 0 amide bonds. The number of aliphatic hydroxyl groups is 5. The van der Waals surface area contributed by atoms with Crippen LogP contribution >= 0.6 is 0 Å². The molecule has 1 spiro atoms. The van der Waals surface area contributed by atoms with Gasteiger partial charge >= 0.3 is 0 Å². The van der Waals surface area contributed by atoms with Gasteiger partial charge in [0.05, 0.1) is 31.0 Å². The summed E-state index contributed by atoms with van der Waals surface area (Å²) < 4.78 is 23.7. The lowest BCUT2D eigenvalue weighted by molar-refractivity contribution is -0.320. The van der Waals surface area contributed by atoms with Gasteiger partial charge in [0, 0.05) is 76.0 Å². The second-order valence-electron chi connectivity index (χ2n) is 12.1. The molecule has 5 N–H and O–H groups in total. The average Bonchev–Trinajstić information content (AvgIpc) is 3.19. The van der Waals surface area contributed by atoms with Crippen molar-refractivity contribution in [1.82, 2.24) is 4.90 Å². The largest absolute Gasteiger partial charge is 0.392 e. The molecular formula is C25H41NO9. The maximum Gasteiger partial charge on any atom is 0.120 e. The quantitative estimate of drug-likeness (QED) is 0.285. The maximum absolute atomic E-state index is 12.6. The van der Waals surface area contributed by atoms with Crippen molar-refractivity contribution < 1.29 is 44.5 Å². The first-order valence-corrected chi connectivity index (χ1v) is 12.9. The Labute approximate surface area is 206 Å². The van der Waals surface area contributed by atoms with Gasteiger partial charge in [-0.1, -0.05) is 6.92 Å². The van der Waals surface area contributed by atoms with Crippen LogP contribution in [0.1, 0.15) is 19.8 Å². The van der Waals surface area contributed by atoms with Crippen molar-refractivity contribution in [3.05, 3.63) is 0 Å². The molecule has 7 bridgehead atoms. The molecule has 10 heteroatoms. The van der Waals surface area contributed by atoms with Crippen molar-refractivity contribution in [2.75, 3.05) is 48.1 Å². The fourth-order valence-corrected chi connectivity index (χ4v) is 11.0. The van der Waals surface area contributed by atoms with E-state index in [4.69, 9.17) is 18.9 Å². The molecule has 0 aromatic heterocycles. The zero-order valence-corrected chi connectivity index (χ0v) is 21.2. The molecule has 0 radical (unpaired) electrons. The maximum atomic E-state index is 12.6. The summed E-state index contributed by atoms with van der Waals surface area (Å²) >= 11 is 0. The lowest BCUT2D eigenvalue weighted by Gasteiger charge is -2.70. The van der Waals surface area contributed by atoms with Gasteiger partial charge in [-0.3, -0.25) is 4.90 Å². The van der Waals surface area contributed by atoms with E-state index in [1.54, 1.807) is 21.3 Å². The van der Waals surface area contributed by atoms with Gasteiger partial charge in [-0.25, -0.2) is 0 Å². The Morgan fingerprint density at radius 1 is 0.943 bits per heavy atom. The third-order valence-electron chi connectivity index (χ3n) is 11.7. The molecule has 6 fully saturated rings. The fraction of sp³-hybridized carbons (Fsp3) is 1.00. The molecule has 6 rings (SSSR count). The molecule has 10 nitrogen and oxygen atoms in total. The third-order valence-corrected chi connectivity index (χ3v) is 11.7. The van der Waals surface area contributed by atoms with Gasteiger partial charge in [-0.05, 0) is 18.9 Å². The highest BCUT2D eigenvalue weighted by molar-refractivity contribution is 5.39. The molecule has 15 atom stereocenters. The van der Waals surface area contributed by atoms with Gasteiger partial charge in [0.25, 0.3) is 0 Å². The number of rotatable bonds is 6. The molecular weight excluding hydrogens is 458 g/mol. The van der Waals surface area contributed by atoms with E-state index in [0.29, 0.717) is 26.1 Å². The molecule has 1 saturated heterocycles. The Morgan fingerprint density at radius 3 is 2.23 bits per heavy atom. The van der Waals surface area contributed by atoms with Gasteiger partial charge in [-0.15, -0.1) is 0 Å². The van der Waals surface area contributed by atoms with Crippen LogP contribution in [0.5, 0.6) is 0 Å². The van der Waals surface area contributed by atoms with E-state index < -0.39 is 76.4 Å². The predicted octanol–water partition coefficient (Wildman–Crippen LogP) is -1.79. The van der Waals surface area contributed by atoms with E-state index in [2.05, 4.69) is 11.8 Å². The number of hydrogen-bond acceptors (Lipinski definition) is 10. The van der Waals surface area contributed by atoms with Crippen molar-refractivity contribution in [2.24, 2.45) is 34.5 Å². The Morgan fingerprint density at radius 2 is 1.66 bits per heavy atom. The number of fused-ring (bicyclic) bond motifs is 2. The van der Waals surface area contributed by atoms with E-state index in [1.807, 2.05) is 0 Å². The smallest absolute Gasteiger partial charge is 0.120 e. The Hall–Kier alpha value is -0.400. The number of likely N-dealkylation sites (tertiary alicyclic amines) is 1. The SMILES string of the molecule is CCN1C[C@]2(COC)[C@H](O)C[C@H](OC)[C@]34C1[C@H]([C@H](OC)[C@@H]23)[C@]1(O)[C@H]2[C@@H](O)[C@](O)(C[C@H]24)[C@@H](OC)[C@@H]1O. The normalized spacial score (nSPS) is 62.4. The zero-order valence-electron chi connectivity index (χ0n) is 21.2. The molecule has 1 heterocycles. The van der Waals surface area contributed by atoms with Crippen molar-refractivity contribution in [3.8, 4) is 0 Å². The highest BCUT2D eigenvalue weighted by Crippen LogP contribution is 2.79. The Bertz CT molecular complexity index is 878.